The predicted molar refractivity (Wildman–Crippen MR) is 79.2 cm³/mol. The number of pyridine rings is 1. The van der Waals surface area contributed by atoms with Gasteiger partial charge in [0.2, 0.25) is 0 Å². The van der Waals surface area contributed by atoms with Crippen molar-refractivity contribution in [2.24, 2.45) is 0 Å². The summed E-state index contributed by atoms with van der Waals surface area (Å²) in [5.41, 5.74) is 1.94. The van der Waals surface area contributed by atoms with Crippen LogP contribution in [0.2, 0.25) is 5.15 Å². The molecule has 0 bridgehead atoms. The number of imidazole rings is 1. The van der Waals surface area contributed by atoms with Crippen molar-refractivity contribution in [3.63, 3.8) is 0 Å². The van der Waals surface area contributed by atoms with Crippen molar-refractivity contribution in [3.8, 4) is 0 Å². The first-order valence-corrected chi connectivity index (χ1v) is 7.37. The average molecular weight is 303 g/mol. The molecular weight excluding hydrogens is 288 g/mol. The highest BCUT2D eigenvalue weighted by Gasteiger charge is 2.25. The Morgan fingerprint density at radius 3 is 3.14 bits per heavy atom. The third-order valence-electron chi connectivity index (χ3n) is 4.01. The first-order chi connectivity index (χ1) is 10.3. The second-order valence-electron chi connectivity index (χ2n) is 5.33. The molecule has 4 heterocycles. The lowest BCUT2D eigenvalue weighted by atomic mass is 10.3. The zero-order chi connectivity index (χ0) is 14.2. The van der Waals surface area contributed by atoms with Crippen molar-refractivity contribution < 1.29 is 0 Å². The Morgan fingerprint density at radius 2 is 2.29 bits per heavy atom. The highest BCUT2D eigenvalue weighted by molar-refractivity contribution is 6.30. The van der Waals surface area contributed by atoms with E-state index in [1.165, 1.54) is 0 Å². The molecule has 4 rings (SSSR count). The standard InChI is InChI=1S/C14H15ClN6/c15-14-12(20-5-2-1-3-13(20)18-14)8-19-6-4-11(7-19)21-10-16-9-17-21/h1-3,5,9-11H,4,6-8H2. The number of halogens is 1. The van der Waals surface area contributed by atoms with E-state index in [-0.39, 0.29) is 0 Å². The summed E-state index contributed by atoms with van der Waals surface area (Å²) in [5, 5.41) is 4.82. The smallest absolute Gasteiger partial charge is 0.152 e. The number of rotatable bonds is 3. The van der Waals surface area contributed by atoms with Crippen LogP contribution < -0.4 is 0 Å². The Balaban J connectivity index is 1.55. The van der Waals surface area contributed by atoms with Crippen LogP contribution in [-0.4, -0.2) is 42.1 Å². The van der Waals surface area contributed by atoms with Crippen molar-refractivity contribution in [1.29, 1.82) is 0 Å². The number of fused-ring (bicyclic) bond motifs is 1. The van der Waals surface area contributed by atoms with Crippen LogP contribution in [0, 0.1) is 0 Å². The molecule has 7 heteroatoms. The average Bonchev–Trinajstić information content (AvgIpc) is 3.20. The Morgan fingerprint density at radius 1 is 1.33 bits per heavy atom. The molecule has 1 aliphatic rings. The van der Waals surface area contributed by atoms with Crippen LogP contribution in [0.1, 0.15) is 18.2 Å². The lowest BCUT2D eigenvalue weighted by Gasteiger charge is -2.16. The van der Waals surface area contributed by atoms with Gasteiger partial charge in [-0.1, -0.05) is 17.7 Å². The molecule has 0 amide bonds. The maximum Gasteiger partial charge on any atom is 0.152 e. The number of nitrogens with zero attached hydrogens (tertiary/aromatic N) is 6. The lowest BCUT2D eigenvalue weighted by molar-refractivity contribution is 0.307. The molecule has 0 aliphatic carbocycles. The van der Waals surface area contributed by atoms with E-state index in [4.69, 9.17) is 11.6 Å². The van der Waals surface area contributed by atoms with E-state index in [0.29, 0.717) is 11.2 Å². The van der Waals surface area contributed by atoms with E-state index in [9.17, 15) is 0 Å². The molecule has 1 saturated heterocycles. The van der Waals surface area contributed by atoms with Crippen LogP contribution in [0.25, 0.3) is 5.65 Å². The molecule has 0 aromatic carbocycles. The van der Waals surface area contributed by atoms with Crippen molar-refractivity contribution in [1.82, 2.24) is 29.0 Å². The van der Waals surface area contributed by atoms with Crippen LogP contribution in [0.5, 0.6) is 0 Å². The molecule has 0 N–H and O–H groups in total. The first-order valence-electron chi connectivity index (χ1n) is 6.99. The quantitative estimate of drug-likeness (QED) is 0.743. The van der Waals surface area contributed by atoms with Crippen molar-refractivity contribution >= 4 is 17.2 Å². The van der Waals surface area contributed by atoms with Gasteiger partial charge in [-0.05, 0) is 18.6 Å². The van der Waals surface area contributed by atoms with Gasteiger partial charge in [-0.25, -0.2) is 14.6 Å². The summed E-state index contributed by atoms with van der Waals surface area (Å²) >= 11 is 6.30. The number of likely N-dealkylation sites (tertiary alicyclic amines) is 1. The lowest BCUT2D eigenvalue weighted by Crippen LogP contribution is -2.22. The highest BCUT2D eigenvalue weighted by Crippen LogP contribution is 2.25. The third-order valence-corrected chi connectivity index (χ3v) is 4.31. The van der Waals surface area contributed by atoms with Gasteiger partial charge >= 0.3 is 0 Å². The number of hydrogen-bond acceptors (Lipinski definition) is 4. The molecule has 0 spiro atoms. The summed E-state index contributed by atoms with van der Waals surface area (Å²) in [6.45, 7) is 2.79. The molecule has 3 aromatic rings. The van der Waals surface area contributed by atoms with Gasteiger partial charge < -0.3 is 4.40 Å². The van der Waals surface area contributed by atoms with E-state index in [2.05, 4.69) is 24.4 Å². The summed E-state index contributed by atoms with van der Waals surface area (Å²) in [6, 6.07) is 6.33. The number of hydrogen-bond donors (Lipinski definition) is 0. The van der Waals surface area contributed by atoms with Crippen molar-refractivity contribution in [2.45, 2.75) is 19.0 Å². The maximum atomic E-state index is 6.30. The van der Waals surface area contributed by atoms with Crippen LogP contribution in [0.3, 0.4) is 0 Å². The molecule has 3 aromatic heterocycles. The van der Waals surface area contributed by atoms with Gasteiger partial charge in [-0.2, -0.15) is 5.10 Å². The first kappa shape index (κ1) is 12.8. The molecule has 1 unspecified atom stereocenters. The van der Waals surface area contributed by atoms with Crippen LogP contribution in [-0.2, 0) is 6.54 Å². The topological polar surface area (TPSA) is 51.2 Å². The van der Waals surface area contributed by atoms with Gasteiger partial charge in [-0.15, -0.1) is 0 Å². The monoisotopic (exact) mass is 302 g/mol. The minimum Gasteiger partial charge on any atom is -0.301 e. The summed E-state index contributed by atoms with van der Waals surface area (Å²) in [6.07, 6.45) is 6.46. The third kappa shape index (κ3) is 2.30. The van der Waals surface area contributed by atoms with Crippen LogP contribution >= 0.6 is 11.6 Å². The Hall–Kier alpha value is -1.92. The van der Waals surface area contributed by atoms with Crippen LogP contribution in [0.4, 0.5) is 0 Å². The maximum absolute atomic E-state index is 6.30. The molecule has 21 heavy (non-hydrogen) atoms. The van der Waals surface area contributed by atoms with Gasteiger partial charge in [0.15, 0.2) is 5.15 Å². The summed E-state index contributed by atoms with van der Waals surface area (Å²) in [4.78, 5) is 10.8. The second kappa shape index (κ2) is 5.13. The highest BCUT2D eigenvalue weighted by atomic mass is 35.5. The van der Waals surface area contributed by atoms with Gasteiger partial charge in [-0.3, -0.25) is 4.90 Å². The minimum atomic E-state index is 0.394. The van der Waals surface area contributed by atoms with E-state index in [1.807, 2.05) is 29.1 Å². The van der Waals surface area contributed by atoms with E-state index >= 15 is 0 Å². The molecule has 0 saturated carbocycles. The normalized spacial score (nSPS) is 19.6. The Kier molecular flexibility index (Phi) is 3.12. The summed E-state index contributed by atoms with van der Waals surface area (Å²) in [7, 11) is 0. The van der Waals surface area contributed by atoms with Gasteiger partial charge in [0.25, 0.3) is 0 Å². The SMILES string of the molecule is Clc1nc2ccccn2c1CN1CCC(n2cncn2)C1. The van der Waals surface area contributed by atoms with Gasteiger partial charge in [0.1, 0.15) is 18.3 Å². The van der Waals surface area contributed by atoms with Gasteiger partial charge in [0.05, 0.1) is 11.7 Å². The zero-order valence-corrected chi connectivity index (χ0v) is 12.2. The fourth-order valence-corrected chi connectivity index (χ4v) is 3.19. The van der Waals surface area contributed by atoms with E-state index < -0.39 is 0 Å². The molecule has 108 valence electrons. The van der Waals surface area contributed by atoms with E-state index in [1.54, 1.807) is 12.7 Å². The number of aromatic nitrogens is 5. The Bertz CT molecular complexity index is 750. The molecule has 1 aliphatic heterocycles. The molecule has 1 atom stereocenters. The molecular formula is C14H15ClN6. The van der Waals surface area contributed by atoms with Crippen molar-refractivity contribution in [2.75, 3.05) is 13.1 Å². The largest absolute Gasteiger partial charge is 0.301 e. The van der Waals surface area contributed by atoms with Crippen LogP contribution in [0.15, 0.2) is 37.1 Å². The fraction of sp³-hybridized carbons (Fsp3) is 0.357. The molecule has 0 radical (unpaired) electrons. The summed E-state index contributed by atoms with van der Waals surface area (Å²) < 4.78 is 4.00. The van der Waals surface area contributed by atoms with E-state index in [0.717, 1.165) is 37.4 Å². The zero-order valence-electron chi connectivity index (χ0n) is 11.4. The molecule has 1 fully saturated rings. The fourth-order valence-electron chi connectivity index (χ4n) is 2.95. The van der Waals surface area contributed by atoms with Gasteiger partial charge in [0, 0.05) is 25.8 Å². The van der Waals surface area contributed by atoms with Crippen molar-refractivity contribution in [3.05, 3.63) is 47.9 Å². The Labute approximate surface area is 127 Å². The minimum absolute atomic E-state index is 0.394. The predicted octanol–water partition coefficient (Wildman–Crippen LogP) is 2.03. The summed E-state index contributed by atoms with van der Waals surface area (Å²) in [5.74, 6) is 0. The molecule has 6 nitrogen and oxygen atoms in total. The second-order valence-corrected chi connectivity index (χ2v) is 5.69.